The first-order valence-electron chi connectivity index (χ1n) is 4.20. The SMILES string of the molecule is Cc1nc(Br)ccc1NC(=O)[C@H](C)N. The molecule has 76 valence electrons. The van der Waals surface area contributed by atoms with Gasteiger partial charge in [-0.3, -0.25) is 4.79 Å². The molecule has 0 aliphatic carbocycles. The smallest absolute Gasteiger partial charge is 0.241 e. The molecular weight excluding hydrogens is 246 g/mol. The Morgan fingerprint density at radius 1 is 1.64 bits per heavy atom. The molecule has 1 atom stereocenters. The predicted octanol–water partition coefficient (Wildman–Crippen LogP) is 1.44. The number of hydrogen-bond donors (Lipinski definition) is 2. The van der Waals surface area contributed by atoms with Crippen molar-refractivity contribution in [3.05, 3.63) is 22.4 Å². The van der Waals surface area contributed by atoms with E-state index in [1.54, 1.807) is 19.1 Å². The van der Waals surface area contributed by atoms with E-state index in [1.165, 1.54) is 0 Å². The molecule has 1 aromatic rings. The predicted molar refractivity (Wildman–Crippen MR) is 59.0 cm³/mol. The quantitative estimate of drug-likeness (QED) is 0.788. The number of nitrogens with two attached hydrogens (primary N) is 1. The Hall–Kier alpha value is -0.940. The topological polar surface area (TPSA) is 68.0 Å². The minimum atomic E-state index is -0.516. The van der Waals surface area contributed by atoms with Gasteiger partial charge in [0, 0.05) is 0 Å². The minimum Gasteiger partial charge on any atom is -0.323 e. The maximum atomic E-state index is 11.3. The number of carbonyl (C=O) groups excluding carboxylic acids is 1. The van der Waals surface area contributed by atoms with Crippen LogP contribution in [0.5, 0.6) is 0 Å². The van der Waals surface area contributed by atoms with Crippen LogP contribution in [-0.4, -0.2) is 16.9 Å². The van der Waals surface area contributed by atoms with Crippen molar-refractivity contribution in [2.45, 2.75) is 19.9 Å². The average molecular weight is 258 g/mol. The van der Waals surface area contributed by atoms with Crippen LogP contribution >= 0.6 is 15.9 Å². The first kappa shape index (κ1) is 11.1. The number of nitrogens with zero attached hydrogens (tertiary/aromatic N) is 1. The van der Waals surface area contributed by atoms with Gasteiger partial charge in [-0.15, -0.1) is 0 Å². The Bertz CT molecular complexity index is 352. The van der Waals surface area contributed by atoms with Crippen LogP contribution in [0.25, 0.3) is 0 Å². The summed E-state index contributed by atoms with van der Waals surface area (Å²) < 4.78 is 0.744. The number of aryl methyl sites for hydroxylation is 1. The molecule has 0 saturated carbocycles. The summed E-state index contributed by atoms with van der Waals surface area (Å²) in [5.41, 5.74) is 6.87. The van der Waals surface area contributed by atoms with E-state index in [0.717, 1.165) is 10.3 Å². The fourth-order valence-corrected chi connectivity index (χ4v) is 1.31. The van der Waals surface area contributed by atoms with Crippen molar-refractivity contribution in [3.8, 4) is 0 Å². The molecule has 4 nitrogen and oxygen atoms in total. The second kappa shape index (κ2) is 4.52. The molecule has 0 fully saturated rings. The van der Waals surface area contributed by atoms with Gasteiger partial charge in [0.25, 0.3) is 0 Å². The molecule has 0 aliphatic heterocycles. The van der Waals surface area contributed by atoms with Crippen LogP contribution in [0.3, 0.4) is 0 Å². The largest absolute Gasteiger partial charge is 0.323 e. The van der Waals surface area contributed by atoms with Gasteiger partial charge in [0.2, 0.25) is 5.91 Å². The average Bonchev–Trinajstić information content (AvgIpc) is 2.09. The van der Waals surface area contributed by atoms with E-state index in [9.17, 15) is 4.79 Å². The number of aromatic nitrogens is 1. The van der Waals surface area contributed by atoms with Crippen LogP contribution in [0.2, 0.25) is 0 Å². The summed E-state index contributed by atoms with van der Waals surface area (Å²) in [5.74, 6) is -0.211. The maximum Gasteiger partial charge on any atom is 0.241 e. The molecular formula is C9H12BrN3O. The lowest BCUT2D eigenvalue weighted by Crippen LogP contribution is -2.32. The summed E-state index contributed by atoms with van der Waals surface area (Å²) in [5, 5.41) is 2.69. The first-order valence-corrected chi connectivity index (χ1v) is 4.99. The number of hydrogen-bond acceptors (Lipinski definition) is 3. The molecule has 14 heavy (non-hydrogen) atoms. The van der Waals surface area contributed by atoms with E-state index in [2.05, 4.69) is 26.2 Å². The van der Waals surface area contributed by atoms with Gasteiger partial charge in [-0.25, -0.2) is 4.98 Å². The van der Waals surface area contributed by atoms with Crippen LogP contribution in [0.4, 0.5) is 5.69 Å². The van der Waals surface area contributed by atoms with E-state index in [-0.39, 0.29) is 5.91 Å². The Morgan fingerprint density at radius 3 is 2.79 bits per heavy atom. The van der Waals surface area contributed by atoms with Crippen LogP contribution in [-0.2, 0) is 4.79 Å². The summed E-state index contributed by atoms with van der Waals surface area (Å²) in [6, 6.07) is 3.04. The van der Waals surface area contributed by atoms with Crippen molar-refractivity contribution in [1.82, 2.24) is 4.98 Å². The van der Waals surface area contributed by atoms with Gasteiger partial charge in [-0.05, 0) is 41.9 Å². The summed E-state index contributed by atoms with van der Waals surface area (Å²) in [7, 11) is 0. The van der Waals surface area contributed by atoms with Gasteiger partial charge in [-0.2, -0.15) is 0 Å². The fourth-order valence-electron chi connectivity index (χ4n) is 0.909. The molecule has 1 amide bonds. The second-order valence-corrected chi connectivity index (χ2v) is 3.86. The number of rotatable bonds is 2. The first-order chi connectivity index (χ1) is 6.50. The maximum absolute atomic E-state index is 11.3. The highest BCUT2D eigenvalue weighted by Gasteiger charge is 2.09. The van der Waals surface area contributed by atoms with E-state index < -0.39 is 6.04 Å². The summed E-state index contributed by atoms with van der Waals surface area (Å²) in [6.07, 6.45) is 0. The normalized spacial score (nSPS) is 12.3. The Morgan fingerprint density at radius 2 is 2.29 bits per heavy atom. The minimum absolute atomic E-state index is 0.211. The molecule has 0 aromatic carbocycles. The number of carbonyl (C=O) groups is 1. The van der Waals surface area contributed by atoms with Crippen molar-refractivity contribution in [2.75, 3.05) is 5.32 Å². The third kappa shape index (κ3) is 2.78. The van der Waals surface area contributed by atoms with Gasteiger partial charge in [-0.1, -0.05) is 0 Å². The third-order valence-corrected chi connectivity index (χ3v) is 2.16. The van der Waals surface area contributed by atoms with Crippen molar-refractivity contribution in [3.63, 3.8) is 0 Å². The van der Waals surface area contributed by atoms with Crippen LogP contribution in [0.15, 0.2) is 16.7 Å². The lowest BCUT2D eigenvalue weighted by atomic mass is 10.3. The number of halogens is 1. The highest BCUT2D eigenvalue weighted by molar-refractivity contribution is 9.10. The molecule has 0 radical (unpaired) electrons. The highest BCUT2D eigenvalue weighted by atomic mass is 79.9. The summed E-state index contributed by atoms with van der Waals surface area (Å²) >= 11 is 3.24. The van der Waals surface area contributed by atoms with Crippen LogP contribution in [0, 0.1) is 6.92 Å². The van der Waals surface area contributed by atoms with Gasteiger partial charge >= 0.3 is 0 Å². The number of pyridine rings is 1. The van der Waals surface area contributed by atoms with Crippen molar-refractivity contribution in [2.24, 2.45) is 5.73 Å². The molecule has 0 saturated heterocycles. The second-order valence-electron chi connectivity index (χ2n) is 3.04. The molecule has 5 heteroatoms. The van der Waals surface area contributed by atoms with Gasteiger partial charge in [0.1, 0.15) is 4.60 Å². The number of anilines is 1. The van der Waals surface area contributed by atoms with Crippen LogP contribution < -0.4 is 11.1 Å². The van der Waals surface area contributed by atoms with Gasteiger partial charge < -0.3 is 11.1 Å². The third-order valence-electron chi connectivity index (χ3n) is 1.72. The molecule has 0 bridgehead atoms. The zero-order valence-corrected chi connectivity index (χ0v) is 9.63. The van der Waals surface area contributed by atoms with Gasteiger partial charge in [0.05, 0.1) is 17.4 Å². The van der Waals surface area contributed by atoms with E-state index in [1.807, 2.05) is 6.92 Å². The van der Waals surface area contributed by atoms with Crippen molar-refractivity contribution in [1.29, 1.82) is 0 Å². The van der Waals surface area contributed by atoms with Crippen LogP contribution in [0.1, 0.15) is 12.6 Å². The molecule has 1 heterocycles. The Balaban J connectivity index is 2.82. The van der Waals surface area contributed by atoms with E-state index >= 15 is 0 Å². The fraction of sp³-hybridized carbons (Fsp3) is 0.333. The zero-order valence-electron chi connectivity index (χ0n) is 8.04. The Kier molecular flexibility index (Phi) is 3.60. The van der Waals surface area contributed by atoms with Crippen molar-refractivity contribution >= 4 is 27.5 Å². The molecule has 0 unspecified atom stereocenters. The standard InChI is InChI=1S/C9H12BrN3O/c1-5(11)9(14)13-7-3-4-8(10)12-6(7)2/h3-5H,11H2,1-2H3,(H,13,14)/t5-/m0/s1. The molecule has 3 N–H and O–H groups in total. The monoisotopic (exact) mass is 257 g/mol. The molecule has 1 rings (SSSR count). The molecule has 0 spiro atoms. The van der Waals surface area contributed by atoms with E-state index in [4.69, 9.17) is 5.73 Å². The molecule has 1 aromatic heterocycles. The van der Waals surface area contributed by atoms with Crippen molar-refractivity contribution < 1.29 is 4.79 Å². The Labute approximate surface area is 91.0 Å². The summed E-state index contributed by atoms with van der Waals surface area (Å²) in [6.45, 7) is 3.46. The summed E-state index contributed by atoms with van der Waals surface area (Å²) in [4.78, 5) is 15.4. The van der Waals surface area contributed by atoms with E-state index in [0.29, 0.717) is 5.69 Å². The number of nitrogens with one attached hydrogen (secondary N) is 1. The molecule has 0 aliphatic rings. The number of amides is 1. The van der Waals surface area contributed by atoms with Gasteiger partial charge in [0.15, 0.2) is 0 Å². The lowest BCUT2D eigenvalue weighted by Gasteiger charge is -2.09. The lowest BCUT2D eigenvalue weighted by molar-refractivity contribution is -0.117. The highest BCUT2D eigenvalue weighted by Crippen LogP contribution is 2.15. The zero-order chi connectivity index (χ0) is 10.7.